The highest BCUT2D eigenvalue weighted by Crippen LogP contribution is 2.36. The van der Waals surface area contributed by atoms with Gasteiger partial charge < -0.3 is 5.32 Å². The summed E-state index contributed by atoms with van der Waals surface area (Å²) in [5.74, 6) is 0.407. The third-order valence-electron chi connectivity index (χ3n) is 4.98. The van der Waals surface area contributed by atoms with E-state index in [9.17, 15) is 14.0 Å². The fourth-order valence-corrected chi connectivity index (χ4v) is 4.61. The van der Waals surface area contributed by atoms with Crippen molar-refractivity contribution in [3.05, 3.63) is 70.0 Å². The van der Waals surface area contributed by atoms with Gasteiger partial charge in [0, 0.05) is 23.6 Å². The van der Waals surface area contributed by atoms with Gasteiger partial charge in [-0.2, -0.15) is 0 Å². The highest BCUT2D eigenvalue weighted by molar-refractivity contribution is 7.99. The Hall–Kier alpha value is -2.67. The van der Waals surface area contributed by atoms with Crippen LogP contribution in [0.4, 0.5) is 4.39 Å². The van der Waals surface area contributed by atoms with Crippen molar-refractivity contribution < 1.29 is 9.18 Å². The van der Waals surface area contributed by atoms with Gasteiger partial charge >= 0.3 is 0 Å². The first-order chi connectivity index (χ1) is 13.5. The number of nitrogens with one attached hydrogen (secondary N) is 1. The van der Waals surface area contributed by atoms with Crippen molar-refractivity contribution in [2.24, 2.45) is 0 Å². The van der Waals surface area contributed by atoms with Gasteiger partial charge in [0.2, 0.25) is 5.91 Å². The maximum atomic E-state index is 13.6. The standard InChI is InChI=1S/C21H20FN3O2S/c1-13-3-2-4-15-20(13)23-12-25(21(15)27)9-7-19(26)24-17-8-10-28-18-6-5-14(22)11-16(17)18/h2-6,11-12,17H,7-10H2,1H3,(H,24,26). The number of nitrogens with zero attached hydrogens (tertiary/aromatic N) is 2. The Morgan fingerprint density at radius 3 is 3.07 bits per heavy atom. The second-order valence-electron chi connectivity index (χ2n) is 6.90. The van der Waals surface area contributed by atoms with E-state index in [1.807, 2.05) is 19.1 Å². The van der Waals surface area contributed by atoms with E-state index in [0.29, 0.717) is 10.9 Å². The van der Waals surface area contributed by atoms with Crippen molar-refractivity contribution in [2.75, 3.05) is 5.75 Å². The predicted molar refractivity (Wildman–Crippen MR) is 108 cm³/mol. The lowest BCUT2D eigenvalue weighted by atomic mass is 10.0. The van der Waals surface area contributed by atoms with E-state index in [0.717, 1.165) is 28.2 Å². The summed E-state index contributed by atoms with van der Waals surface area (Å²) >= 11 is 1.67. The van der Waals surface area contributed by atoms with Crippen molar-refractivity contribution >= 4 is 28.6 Å². The SMILES string of the molecule is Cc1cccc2c(=O)n(CCC(=O)NC3CCSc4ccc(F)cc43)cnc12. The predicted octanol–water partition coefficient (Wildman–Crippen LogP) is 3.59. The lowest BCUT2D eigenvalue weighted by Crippen LogP contribution is -2.32. The fourth-order valence-electron chi connectivity index (χ4n) is 3.50. The van der Waals surface area contributed by atoms with Crippen LogP contribution in [0.15, 0.2) is 52.4 Å². The molecule has 0 saturated heterocycles. The fraction of sp³-hybridized carbons (Fsp3) is 0.286. The van der Waals surface area contributed by atoms with Gasteiger partial charge in [0.25, 0.3) is 5.56 Å². The van der Waals surface area contributed by atoms with Crippen molar-refractivity contribution in [2.45, 2.75) is 37.2 Å². The average molecular weight is 397 g/mol. The summed E-state index contributed by atoms with van der Waals surface area (Å²) in [5.41, 5.74) is 2.31. The highest BCUT2D eigenvalue weighted by Gasteiger charge is 2.22. The summed E-state index contributed by atoms with van der Waals surface area (Å²) in [6.45, 7) is 2.16. The van der Waals surface area contributed by atoms with Crippen LogP contribution in [0.1, 0.15) is 30.0 Å². The molecule has 5 nitrogen and oxygen atoms in total. The van der Waals surface area contributed by atoms with Crippen molar-refractivity contribution in [1.82, 2.24) is 14.9 Å². The van der Waals surface area contributed by atoms with Gasteiger partial charge in [-0.15, -0.1) is 11.8 Å². The number of aryl methyl sites for hydroxylation is 2. The van der Waals surface area contributed by atoms with Gasteiger partial charge in [0.05, 0.1) is 23.3 Å². The molecule has 3 aromatic rings. The minimum Gasteiger partial charge on any atom is -0.349 e. The molecular formula is C21H20FN3O2S. The number of carbonyl (C=O) groups is 1. The number of halogens is 1. The van der Waals surface area contributed by atoms with E-state index >= 15 is 0 Å². The van der Waals surface area contributed by atoms with E-state index in [4.69, 9.17) is 0 Å². The first-order valence-electron chi connectivity index (χ1n) is 9.19. The molecule has 4 rings (SSSR count). The van der Waals surface area contributed by atoms with E-state index in [1.165, 1.54) is 23.0 Å². The average Bonchev–Trinajstić information content (AvgIpc) is 2.68. The number of para-hydroxylation sites is 1. The minimum absolute atomic E-state index is 0.150. The van der Waals surface area contributed by atoms with Crippen LogP contribution in [-0.2, 0) is 11.3 Å². The number of rotatable bonds is 4. The number of aromatic nitrogens is 2. The summed E-state index contributed by atoms with van der Waals surface area (Å²) in [7, 11) is 0. The van der Waals surface area contributed by atoms with Crippen molar-refractivity contribution in [1.29, 1.82) is 0 Å². The molecule has 0 fully saturated rings. The summed E-state index contributed by atoms with van der Waals surface area (Å²) in [6.07, 6.45) is 2.41. The van der Waals surface area contributed by atoms with Gasteiger partial charge in [0.1, 0.15) is 5.82 Å². The normalized spacial score (nSPS) is 16.0. The van der Waals surface area contributed by atoms with Crippen molar-refractivity contribution in [3.8, 4) is 0 Å². The molecule has 2 aromatic carbocycles. The Bertz CT molecular complexity index is 1110. The molecule has 0 radical (unpaired) electrons. The summed E-state index contributed by atoms with van der Waals surface area (Å²) in [6, 6.07) is 9.98. The topological polar surface area (TPSA) is 64.0 Å². The molecule has 144 valence electrons. The number of benzene rings is 2. The van der Waals surface area contributed by atoms with Crippen molar-refractivity contribution in [3.63, 3.8) is 0 Å². The number of amides is 1. The molecule has 0 bridgehead atoms. The van der Waals surface area contributed by atoms with Gasteiger partial charge in [0.15, 0.2) is 0 Å². The first kappa shape index (κ1) is 18.7. The molecule has 2 heterocycles. The highest BCUT2D eigenvalue weighted by atomic mass is 32.2. The van der Waals surface area contributed by atoms with Gasteiger partial charge in [-0.25, -0.2) is 9.37 Å². The maximum Gasteiger partial charge on any atom is 0.261 e. The van der Waals surface area contributed by atoms with Crippen LogP contribution < -0.4 is 10.9 Å². The molecule has 0 saturated carbocycles. The smallest absolute Gasteiger partial charge is 0.261 e. The Morgan fingerprint density at radius 1 is 1.36 bits per heavy atom. The third kappa shape index (κ3) is 3.67. The largest absolute Gasteiger partial charge is 0.349 e. The molecule has 1 N–H and O–H groups in total. The lowest BCUT2D eigenvalue weighted by molar-refractivity contribution is -0.122. The van der Waals surface area contributed by atoms with Crippen LogP contribution in [0.2, 0.25) is 0 Å². The summed E-state index contributed by atoms with van der Waals surface area (Å²) in [5, 5.41) is 3.54. The molecule has 1 atom stereocenters. The van der Waals surface area contributed by atoms with Crippen LogP contribution in [-0.4, -0.2) is 21.2 Å². The van der Waals surface area contributed by atoms with Crippen LogP contribution in [0.3, 0.4) is 0 Å². The molecule has 28 heavy (non-hydrogen) atoms. The lowest BCUT2D eigenvalue weighted by Gasteiger charge is -2.26. The monoisotopic (exact) mass is 397 g/mol. The number of fused-ring (bicyclic) bond motifs is 2. The van der Waals surface area contributed by atoms with E-state index in [1.54, 1.807) is 23.9 Å². The zero-order valence-electron chi connectivity index (χ0n) is 15.4. The van der Waals surface area contributed by atoms with Crippen LogP contribution in [0, 0.1) is 12.7 Å². The molecule has 1 amide bonds. The maximum absolute atomic E-state index is 13.6. The Morgan fingerprint density at radius 2 is 2.21 bits per heavy atom. The third-order valence-corrected chi connectivity index (χ3v) is 6.10. The second-order valence-corrected chi connectivity index (χ2v) is 8.04. The molecular weight excluding hydrogens is 377 g/mol. The van der Waals surface area contributed by atoms with Gasteiger partial charge in [-0.3, -0.25) is 14.2 Å². The second kappa shape index (κ2) is 7.75. The zero-order chi connectivity index (χ0) is 19.7. The Kier molecular flexibility index (Phi) is 5.17. The van der Waals surface area contributed by atoms with E-state index in [2.05, 4.69) is 10.3 Å². The Balaban J connectivity index is 1.46. The number of thioether (sulfide) groups is 1. The van der Waals surface area contributed by atoms with Crippen LogP contribution in [0.25, 0.3) is 10.9 Å². The molecule has 1 aromatic heterocycles. The number of hydrogen-bond acceptors (Lipinski definition) is 4. The molecule has 0 spiro atoms. The van der Waals surface area contributed by atoms with Gasteiger partial charge in [-0.1, -0.05) is 12.1 Å². The molecule has 1 aliphatic rings. The molecule has 1 unspecified atom stereocenters. The summed E-state index contributed by atoms with van der Waals surface area (Å²) in [4.78, 5) is 30.5. The van der Waals surface area contributed by atoms with E-state index < -0.39 is 0 Å². The van der Waals surface area contributed by atoms with Crippen LogP contribution in [0.5, 0.6) is 0 Å². The Labute approximate surface area is 166 Å². The molecule has 0 aliphatic carbocycles. The quantitative estimate of drug-likeness (QED) is 0.731. The van der Waals surface area contributed by atoms with E-state index in [-0.39, 0.29) is 36.3 Å². The molecule has 1 aliphatic heterocycles. The zero-order valence-corrected chi connectivity index (χ0v) is 16.3. The first-order valence-corrected chi connectivity index (χ1v) is 10.2. The van der Waals surface area contributed by atoms with Crippen LogP contribution >= 0.6 is 11.8 Å². The number of carbonyl (C=O) groups excluding carboxylic acids is 1. The number of hydrogen-bond donors (Lipinski definition) is 1. The minimum atomic E-state index is -0.301. The van der Waals surface area contributed by atoms with Gasteiger partial charge in [-0.05, 0) is 48.7 Å². The molecule has 7 heteroatoms. The summed E-state index contributed by atoms with van der Waals surface area (Å²) < 4.78 is 15.1.